The van der Waals surface area contributed by atoms with Crippen LogP contribution in [0.15, 0.2) is 23.0 Å². The minimum Gasteiger partial charge on any atom is -0.444 e. The zero-order valence-corrected chi connectivity index (χ0v) is 20.4. The van der Waals surface area contributed by atoms with E-state index in [-0.39, 0.29) is 22.6 Å². The van der Waals surface area contributed by atoms with Gasteiger partial charge in [0.05, 0.1) is 11.2 Å². The van der Waals surface area contributed by atoms with Gasteiger partial charge in [-0.3, -0.25) is 9.13 Å². The number of aromatic nitrogens is 3. The maximum absolute atomic E-state index is 12.8. The minimum absolute atomic E-state index is 0.0181. The number of aryl methyl sites for hydroxylation is 1. The summed E-state index contributed by atoms with van der Waals surface area (Å²) in [5.74, 6) is 0. The second kappa shape index (κ2) is 7.53. The van der Waals surface area contributed by atoms with Gasteiger partial charge in [-0.1, -0.05) is 40.7 Å². The fraction of sp³-hybridized carbons (Fsp3) is 0.625. The first kappa shape index (κ1) is 23.1. The van der Waals surface area contributed by atoms with E-state index in [1.165, 1.54) is 0 Å². The third-order valence-corrected chi connectivity index (χ3v) is 5.37. The molecule has 0 radical (unpaired) electrons. The Balaban J connectivity index is 1.97. The molecule has 0 aromatic carbocycles. The van der Waals surface area contributed by atoms with Crippen LogP contribution in [-0.4, -0.2) is 43.8 Å². The molecule has 1 amide bonds. The number of imidazole rings is 1. The number of carbonyl (C=O) groups is 1. The van der Waals surface area contributed by atoms with E-state index in [4.69, 9.17) is 9.72 Å². The van der Waals surface area contributed by atoms with Gasteiger partial charge in [0.1, 0.15) is 5.60 Å². The summed E-state index contributed by atoms with van der Waals surface area (Å²) >= 11 is 0. The average molecular weight is 429 g/mol. The summed E-state index contributed by atoms with van der Waals surface area (Å²) in [4.78, 5) is 32.0. The fourth-order valence-corrected chi connectivity index (χ4v) is 4.07. The molecule has 0 atom stereocenters. The van der Waals surface area contributed by atoms with Crippen LogP contribution in [0.4, 0.5) is 4.79 Å². The molecule has 3 heterocycles. The molecular weight excluding hydrogens is 392 g/mol. The normalized spacial score (nSPS) is 17.1. The maximum atomic E-state index is 12.8. The van der Waals surface area contributed by atoms with Crippen LogP contribution in [0.3, 0.4) is 0 Å². The highest BCUT2D eigenvalue weighted by Gasteiger charge is 2.35. The molecule has 1 aliphatic rings. The standard InChI is InChI=1S/C24H36N4O3/c1-22(2,3)14-28-18-11-10-17(25-19(18)26(9)20(28)29)16-12-13-27(15-24(16,7)8)21(30)31-23(4,5)6/h10-12H,13-15H2,1-9H3. The molecule has 0 aliphatic carbocycles. The first-order valence-electron chi connectivity index (χ1n) is 10.8. The lowest BCUT2D eigenvalue weighted by molar-refractivity contribution is 0.0219. The number of fused-ring (bicyclic) bond motifs is 1. The predicted molar refractivity (Wildman–Crippen MR) is 124 cm³/mol. The molecule has 0 bridgehead atoms. The van der Waals surface area contributed by atoms with Crippen LogP contribution in [-0.2, 0) is 18.3 Å². The van der Waals surface area contributed by atoms with Gasteiger partial charge < -0.3 is 9.64 Å². The monoisotopic (exact) mass is 428 g/mol. The van der Waals surface area contributed by atoms with E-state index in [0.29, 0.717) is 25.3 Å². The molecule has 2 aromatic rings. The molecule has 0 unspecified atom stereocenters. The van der Waals surface area contributed by atoms with E-state index in [1.807, 2.05) is 39.0 Å². The van der Waals surface area contributed by atoms with Crippen LogP contribution >= 0.6 is 0 Å². The maximum Gasteiger partial charge on any atom is 0.410 e. The van der Waals surface area contributed by atoms with Crippen LogP contribution in [0.2, 0.25) is 0 Å². The van der Waals surface area contributed by atoms with Crippen molar-refractivity contribution in [3.8, 4) is 0 Å². The van der Waals surface area contributed by atoms with Crippen LogP contribution in [0.1, 0.15) is 61.1 Å². The average Bonchev–Trinajstić information content (AvgIpc) is 2.82. The van der Waals surface area contributed by atoms with E-state index in [1.54, 1.807) is 21.1 Å². The lowest BCUT2D eigenvalue weighted by atomic mass is 9.79. The second-order valence-corrected chi connectivity index (χ2v) is 11.4. The lowest BCUT2D eigenvalue weighted by Gasteiger charge is -2.39. The van der Waals surface area contributed by atoms with Crippen molar-refractivity contribution in [3.05, 3.63) is 34.4 Å². The Kier molecular flexibility index (Phi) is 5.61. The van der Waals surface area contributed by atoms with Gasteiger partial charge in [0.2, 0.25) is 0 Å². The summed E-state index contributed by atoms with van der Waals surface area (Å²) in [6.45, 7) is 17.8. The van der Waals surface area contributed by atoms with Gasteiger partial charge in [0.15, 0.2) is 5.65 Å². The molecule has 3 rings (SSSR count). The van der Waals surface area contributed by atoms with Crippen molar-refractivity contribution >= 4 is 22.8 Å². The fourth-order valence-electron chi connectivity index (χ4n) is 4.07. The molecule has 7 nitrogen and oxygen atoms in total. The molecule has 0 saturated heterocycles. The van der Waals surface area contributed by atoms with Crippen LogP contribution in [0, 0.1) is 10.8 Å². The molecule has 1 aliphatic heterocycles. The highest BCUT2D eigenvalue weighted by Crippen LogP contribution is 2.38. The van der Waals surface area contributed by atoms with Gasteiger partial charge in [0.25, 0.3) is 0 Å². The molecule has 170 valence electrons. The summed E-state index contributed by atoms with van der Waals surface area (Å²) in [6, 6.07) is 3.97. The molecule has 7 heteroatoms. The zero-order chi connectivity index (χ0) is 23.4. The van der Waals surface area contributed by atoms with Gasteiger partial charge in [-0.2, -0.15) is 0 Å². The SMILES string of the molecule is Cn1c(=O)n(CC(C)(C)C)c2ccc(C3=CCN(C(=O)OC(C)(C)C)CC3(C)C)nc21. The highest BCUT2D eigenvalue weighted by molar-refractivity contribution is 5.79. The summed E-state index contributed by atoms with van der Waals surface area (Å²) in [5, 5.41) is 0. The van der Waals surface area contributed by atoms with Crippen molar-refractivity contribution in [1.82, 2.24) is 19.0 Å². The van der Waals surface area contributed by atoms with Crippen molar-refractivity contribution in [2.24, 2.45) is 17.9 Å². The summed E-state index contributed by atoms with van der Waals surface area (Å²) in [6.07, 6.45) is 1.74. The van der Waals surface area contributed by atoms with Gasteiger partial charge >= 0.3 is 11.8 Å². The molecule has 0 spiro atoms. The molecule has 0 saturated carbocycles. The second-order valence-electron chi connectivity index (χ2n) is 11.4. The summed E-state index contributed by atoms with van der Waals surface area (Å²) in [7, 11) is 1.77. The van der Waals surface area contributed by atoms with E-state index in [0.717, 1.165) is 16.8 Å². The predicted octanol–water partition coefficient (Wildman–Crippen LogP) is 4.44. The number of carbonyl (C=O) groups excluding carboxylic acids is 1. The summed E-state index contributed by atoms with van der Waals surface area (Å²) < 4.78 is 8.96. The first-order chi connectivity index (χ1) is 14.1. The molecule has 0 fully saturated rings. The van der Waals surface area contributed by atoms with Crippen molar-refractivity contribution in [2.45, 2.75) is 67.5 Å². The van der Waals surface area contributed by atoms with Crippen LogP contribution in [0.25, 0.3) is 16.7 Å². The third kappa shape index (κ3) is 4.86. The van der Waals surface area contributed by atoms with Crippen molar-refractivity contribution in [3.63, 3.8) is 0 Å². The number of rotatable bonds is 2. The number of hydrogen-bond donors (Lipinski definition) is 0. The Labute approximate surface area is 184 Å². The van der Waals surface area contributed by atoms with E-state index < -0.39 is 5.60 Å². The van der Waals surface area contributed by atoms with Crippen LogP contribution in [0.5, 0.6) is 0 Å². The first-order valence-corrected chi connectivity index (χ1v) is 10.8. The largest absolute Gasteiger partial charge is 0.444 e. The Hall–Kier alpha value is -2.57. The molecule has 0 N–H and O–H groups in total. The van der Waals surface area contributed by atoms with E-state index >= 15 is 0 Å². The van der Waals surface area contributed by atoms with Gasteiger partial charge in [0, 0.05) is 32.1 Å². The van der Waals surface area contributed by atoms with Gasteiger partial charge in [-0.05, 0) is 43.9 Å². The Morgan fingerprint density at radius 1 is 1.16 bits per heavy atom. The third-order valence-electron chi connectivity index (χ3n) is 5.37. The van der Waals surface area contributed by atoms with Gasteiger partial charge in [-0.15, -0.1) is 0 Å². The number of amides is 1. The Bertz CT molecular complexity index is 1090. The Morgan fingerprint density at radius 3 is 2.35 bits per heavy atom. The number of ether oxygens (including phenoxy) is 1. The van der Waals surface area contributed by atoms with E-state index in [2.05, 4.69) is 34.6 Å². The van der Waals surface area contributed by atoms with Gasteiger partial charge in [-0.25, -0.2) is 14.6 Å². The summed E-state index contributed by atoms with van der Waals surface area (Å²) in [5.41, 5.74) is 2.53. The van der Waals surface area contributed by atoms with Crippen LogP contribution < -0.4 is 5.69 Å². The zero-order valence-electron chi connectivity index (χ0n) is 20.4. The molecular formula is C24H36N4O3. The molecule has 31 heavy (non-hydrogen) atoms. The van der Waals surface area contributed by atoms with E-state index in [9.17, 15) is 9.59 Å². The highest BCUT2D eigenvalue weighted by atomic mass is 16.6. The smallest absolute Gasteiger partial charge is 0.410 e. The lowest BCUT2D eigenvalue weighted by Crippen LogP contribution is -2.45. The minimum atomic E-state index is -0.525. The van der Waals surface area contributed by atoms with Crippen molar-refractivity contribution in [1.29, 1.82) is 0 Å². The number of nitrogens with zero attached hydrogens (tertiary/aromatic N) is 4. The number of hydrogen-bond acceptors (Lipinski definition) is 4. The molecule has 2 aromatic heterocycles. The Morgan fingerprint density at radius 2 is 1.81 bits per heavy atom. The topological polar surface area (TPSA) is 69.4 Å². The van der Waals surface area contributed by atoms with Crippen molar-refractivity contribution in [2.75, 3.05) is 13.1 Å². The number of pyridine rings is 1. The quantitative estimate of drug-likeness (QED) is 0.709. The van der Waals surface area contributed by atoms with Crippen molar-refractivity contribution < 1.29 is 9.53 Å².